The van der Waals surface area contributed by atoms with Crippen LogP contribution in [0.15, 0.2) is 58.4 Å². The molecule has 6 nitrogen and oxygen atoms in total. The van der Waals surface area contributed by atoms with Crippen LogP contribution < -0.4 is 10.3 Å². The number of amides is 1. The molecule has 0 N–H and O–H groups in total. The van der Waals surface area contributed by atoms with E-state index in [-0.39, 0.29) is 22.9 Å². The molecule has 0 atom stereocenters. The van der Waals surface area contributed by atoms with Crippen LogP contribution in [-0.2, 0) is 11.2 Å². The molecule has 1 fully saturated rings. The average molecular weight is 480 g/mol. The smallest absolute Gasteiger partial charge is 0.269 e. The molecule has 3 aromatic rings. The summed E-state index contributed by atoms with van der Waals surface area (Å²) in [5, 5.41) is 0. The van der Waals surface area contributed by atoms with Crippen LogP contribution in [0, 0.1) is 0 Å². The van der Waals surface area contributed by atoms with E-state index in [1.807, 2.05) is 30.3 Å². The lowest BCUT2D eigenvalue weighted by molar-refractivity contribution is -0.122. The number of benzene rings is 1. The number of nitrogens with zero attached hydrogens (tertiary/aromatic N) is 3. The molecule has 1 saturated heterocycles. The van der Waals surface area contributed by atoms with Gasteiger partial charge in [-0.25, -0.2) is 0 Å². The summed E-state index contributed by atoms with van der Waals surface area (Å²) in [5.74, 6) is 0.546. The molecule has 3 heterocycles. The second kappa shape index (κ2) is 10.3. The normalized spacial score (nSPS) is 15.1. The summed E-state index contributed by atoms with van der Waals surface area (Å²) < 4.78 is 7.99. The molecule has 0 unspecified atom stereocenters. The molecule has 1 aliphatic heterocycles. The number of aromatic nitrogens is 2. The summed E-state index contributed by atoms with van der Waals surface area (Å²) in [6.07, 6.45) is 7.10. The summed E-state index contributed by atoms with van der Waals surface area (Å²) in [6.45, 7) is 4.78. The number of fused-ring (bicyclic) bond motifs is 1. The van der Waals surface area contributed by atoms with Crippen LogP contribution >= 0.6 is 24.0 Å². The zero-order valence-corrected chi connectivity index (χ0v) is 20.2. The van der Waals surface area contributed by atoms with E-state index in [4.69, 9.17) is 17.0 Å². The number of rotatable bonds is 8. The van der Waals surface area contributed by atoms with Crippen LogP contribution in [-0.4, -0.2) is 31.1 Å². The largest absolute Gasteiger partial charge is 0.438 e. The molecular weight excluding hydrogens is 454 g/mol. The van der Waals surface area contributed by atoms with Crippen molar-refractivity contribution in [2.75, 3.05) is 6.54 Å². The molecule has 0 aliphatic carbocycles. The third-order valence-corrected chi connectivity index (χ3v) is 6.79. The van der Waals surface area contributed by atoms with Gasteiger partial charge in [-0.05, 0) is 48.7 Å². The van der Waals surface area contributed by atoms with Gasteiger partial charge >= 0.3 is 0 Å². The summed E-state index contributed by atoms with van der Waals surface area (Å²) in [6, 6.07) is 13.0. The van der Waals surface area contributed by atoms with Crippen LogP contribution in [0.2, 0.25) is 0 Å². The first-order chi connectivity index (χ1) is 16.0. The minimum Gasteiger partial charge on any atom is -0.438 e. The van der Waals surface area contributed by atoms with Gasteiger partial charge in [-0.3, -0.25) is 18.9 Å². The molecule has 33 heavy (non-hydrogen) atoms. The van der Waals surface area contributed by atoms with Gasteiger partial charge in [0.1, 0.15) is 21.3 Å². The molecule has 170 valence electrons. The van der Waals surface area contributed by atoms with Crippen molar-refractivity contribution >= 4 is 45.9 Å². The number of carbonyl (C=O) groups excluding carboxylic acids is 1. The van der Waals surface area contributed by atoms with Gasteiger partial charge < -0.3 is 4.74 Å². The Balaban J connectivity index is 1.75. The summed E-state index contributed by atoms with van der Waals surface area (Å²) in [4.78, 5) is 32.9. The summed E-state index contributed by atoms with van der Waals surface area (Å²) >= 11 is 6.63. The quantitative estimate of drug-likeness (QED) is 0.244. The van der Waals surface area contributed by atoms with E-state index in [2.05, 4.69) is 18.8 Å². The van der Waals surface area contributed by atoms with Crippen LogP contribution in [0.25, 0.3) is 11.7 Å². The minimum atomic E-state index is -0.308. The Hall–Kier alpha value is -2.97. The molecule has 0 saturated carbocycles. The molecule has 1 amide bonds. The van der Waals surface area contributed by atoms with Crippen molar-refractivity contribution in [2.45, 2.75) is 39.5 Å². The van der Waals surface area contributed by atoms with Gasteiger partial charge in [0.05, 0.1) is 4.91 Å². The zero-order valence-electron chi connectivity index (χ0n) is 18.6. The Morgan fingerprint density at radius 2 is 1.88 bits per heavy atom. The fraction of sp³-hybridized carbons (Fsp3) is 0.280. The van der Waals surface area contributed by atoms with Crippen molar-refractivity contribution in [2.24, 2.45) is 0 Å². The van der Waals surface area contributed by atoms with E-state index >= 15 is 0 Å². The van der Waals surface area contributed by atoms with Gasteiger partial charge in [-0.2, -0.15) is 4.98 Å². The molecule has 0 radical (unpaired) electrons. The molecule has 8 heteroatoms. The number of thiocarbonyl (C=S) groups is 1. The average Bonchev–Trinajstić information content (AvgIpc) is 3.09. The fourth-order valence-corrected chi connectivity index (χ4v) is 4.82. The lowest BCUT2D eigenvalue weighted by Crippen LogP contribution is -2.29. The van der Waals surface area contributed by atoms with Crippen LogP contribution in [0.4, 0.5) is 0 Å². The van der Waals surface area contributed by atoms with Crippen molar-refractivity contribution in [3.05, 3.63) is 75.0 Å². The third-order valence-electron chi connectivity index (χ3n) is 5.41. The Morgan fingerprint density at radius 3 is 2.61 bits per heavy atom. The monoisotopic (exact) mass is 479 g/mol. The highest BCUT2D eigenvalue weighted by molar-refractivity contribution is 8.26. The molecule has 1 aromatic carbocycles. The van der Waals surface area contributed by atoms with Crippen LogP contribution in [0.3, 0.4) is 0 Å². The van der Waals surface area contributed by atoms with Crippen molar-refractivity contribution in [1.82, 2.24) is 14.3 Å². The van der Waals surface area contributed by atoms with Crippen molar-refractivity contribution in [1.29, 1.82) is 0 Å². The number of ether oxygens (including phenoxy) is 1. The molecule has 2 aromatic heterocycles. The highest BCUT2D eigenvalue weighted by Gasteiger charge is 2.32. The summed E-state index contributed by atoms with van der Waals surface area (Å²) in [5.41, 5.74) is 1.55. The number of thioether (sulfide) groups is 1. The molecular formula is C25H25N3O3S2. The second-order valence-electron chi connectivity index (χ2n) is 7.70. The van der Waals surface area contributed by atoms with E-state index < -0.39 is 0 Å². The van der Waals surface area contributed by atoms with Crippen LogP contribution in [0.1, 0.15) is 44.2 Å². The Bertz CT molecular complexity index is 1280. The first kappa shape index (κ1) is 23.2. The fourth-order valence-electron chi connectivity index (χ4n) is 3.53. The minimum absolute atomic E-state index is 0.159. The number of aryl methyl sites for hydroxylation is 1. The van der Waals surface area contributed by atoms with Gasteiger partial charge in [0.2, 0.25) is 5.88 Å². The second-order valence-corrected chi connectivity index (χ2v) is 9.38. The Labute approximate surface area is 202 Å². The van der Waals surface area contributed by atoms with E-state index in [0.29, 0.717) is 27.2 Å². The number of unbranched alkanes of at least 4 members (excludes halogenated alkanes) is 2. The van der Waals surface area contributed by atoms with Gasteiger partial charge in [-0.15, -0.1) is 0 Å². The standard InChI is InChI=1S/C25H25N3O3S2/c1-3-5-7-15-28-24(30)20(33-25(28)32)16-19-22(31-18-12-10-17(4-2)11-13-18)26-21-9-6-8-14-27(21)23(19)29/h6,8-14,16H,3-5,7,15H2,1-2H3/b20-16+. The molecule has 0 bridgehead atoms. The lowest BCUT2D eigenvalue weighted by Gasteiger charge is -2.13. The van der Waals surface area contributed by atoms with Crippen LogP contribution in [0.5, 0.6) is 11.6 Å². The first-order valence-corrected chi connectivity index (χ1v) is 12.3. The zero-order chi connectivity index (χ0) is 23.4. The topological polar surface area (TPSA) is 63.9 Å². The Kier molecular flexibility index (Phi) is 7.25. The summed E-state index contributed by atoms with van der Waals surface area (Å²) in [7, 11) is 0. The van der Waals surface area contributed by atoms with E-state index in [0.717, 1.165) is 25.7 Å². The number of pyridine rings is 1. The first-order valence-electron chi connectivity index (χ1n) is 11.1. The predicted octanol–water partition coefficient (Wildman–Crippen LogP) is 5.44. The lowest BCUT2D eigenvalue weighted by atomic mass is 10.2. The molecule has 0 spiro atoms. The van der Waals surface area contributed by atoms with Crippen molar-refractivity contribution in [3.8, 4) is 11.6 Å². The van der Waals surface area contributed by atoms with Gasteiger partial charge in [0, 0.05) is 12.7 Å². The maximum atomic E-state index is 13.3. The van der Waals surface area contributed by atoms with Crippen molar-refractivity contribution < 1.29 is 9.53 Å². The number of hydrogen-bond donors (Lipinski definition) is 0. The van der Waals surface area contributed by atoms with E-state index in [9.17, 15) is 9.59 Å². The maximum absolute atomic E-state index is 13.3. The highest BCUT2D eigenvalue weighted by atomic mass is 32.2. The third kappa shape index (κ3) is 5.02. The Morgan fingerprint density at radius 1 is 1.09 bits per heavy atom. The molecule has 1 aliphatic rings. The van der Waals surface area contributed by atoms with E-state index in [1.54, 1.807) is 29.3 Å². The number of carbonyl (C=O) groups is 1. The van der Waals surface area contributed by atoms with E-state index in [1.165, 1.54) is 21.7 Å². The van der Waals surface area contributed by atoms with Gasteiger partial charge in [0.25, 0.3) is 11.5 Å². The van der Waals surface area contributed by atoms with Gasteiger partial charge in [0.15, 0.2) is 0 Å². The number of hydrogen-bond acceptors (Lipinski definition) is 6. The predicted molar refractivity (Wildman–Crippen MR) is 137 cm³/mol. The molecule has 4 rings (SSSR count). The highest BCUT2D eigenvalue weighted by Crippen LogP contribution is 2.34. The maximum Gasteiger partial charge on any atom is 0.269 e. The SMILES string of the molecule is CCCCCN1C(=O)/C(=C\c2c(Oc3ccc(CC)cc3)nc3ccccn3c2=O)SC1=S. The van der Waals surface area contributed by atoms with Gasteiger partial charge in [-0.1, -0.05) is 68.9 Å². The van der Waals surface area contributed by atoms with Crippen molar-refractivity contribution in [3.63, 3.8) is 0 Å².